The fourth-order valence-corrected chi connectivity index (χ4v) is 2.39. The molecule has 5 heteroatoms. The van der Waals surface area contributed by atoms with Gasteiger partial charge in [-0.05, 0) is 12.3 Å². The topological polar surface area (TPSA) is 61.7 Å². The van der Waals surface area contributed by atoms with Crippen molar-refractivity contribution < 1.29 is 10.0 Å². The quantitative estimate of drug-likeness (QED) is 0.188. The molecular formula is C11H20N2O2S. The minimum absolute atomic E-state index is 0.0991. The van der Waals surface area contributed by atoms with E-state index in [1.54, 1.807) is 13.1 Å². The Kier molecular flexibility index (Phi) is 7.72. The average molecular weight is 244 g/mol. The number of nitrogens with one attached hydrogen (secondary N) is 1. The van der Waals surface area contributed by atoms with Gasteiger partial charge in [-0.2, -0.15) is 0 Å². The second-order valence-corrected chi connectivity index (χ2v) is 4.82. The number of allylic oxidation sites excluding steroid dienone is 1. The Morgan fingerprint density at radius 1 is 1.62 bits per heavy atom. The predicted octanol–water partition coefficient (Wildman–Crippen LogP) is 2.10. The smallest absolute Gasteiger partial charge is 0.229 e. The van der Waals surface area contributed by atoms with Crippen LogP contribution in [-0.2, 0) is 4.79 Å². The fourth-order valence-electron chi connectivity index (χ4n) is 1.28. The zero-order chi connectivity index (χ0) is 12.6. The maximum atomic E-state index is 11.6. The summed E-state index contributed by atoms with van der Waals surface area (Å²) in [5.74, 6) is 0.365. The van der Waals surface area contributed by atoms with Gasteiger partial charge in [-0.1, -0.05) is 25.1 Å². The van der Waals surface area contributed by atoms with E-state index >= 15 is 0 Å². The first kappa shape index (κ1) is 15.0. The first-order valence-corrected chi connectivity index (χ1v) is 6.24. The van der Waals surface area contributed by atoms with Gasteiger partial charge in [0.15, 0.2) is 0 Å². The normalized spacial score (nSPS) is 13.6. The van der Waals surface area contributed by atoms with Crippen LogP contribution in [0.2, 0.25) is 0 Å². The SMILES string of the molecule is C=CCCS/C(=N\O)C(C(=O)NC)C(C)C. The van der Waals surface area contributed by atoms with E-state index in [1.165, 1.54) is 11.8 Å². The second kappa shape index (κ2) is 8.21. The van der Waals surface area contributed by atoms with Crippen LogP contribution in [0.15, 0.2) is 17.8 Å². The number of carbonyl (C=O) groups is 1. The van der Waals surface area contributed by atoms with Crippen LogP contribution in [0, 0.1) is 11.8 Å². The van der Waals surface area contributed by atoms with Gasteiger partial charge in [0, 0.05) is 12.8 Å². The van der Waals surface area contributed by atoms with Crippen LogP contribution in [0.4, 0.5) is 0 Å². The molecule has 0 fully saturated rings. The molecule has 16 heavy (non-hydrogen) atoms. The van der Waals surface area contributed by atoms with Crippen molar-refractivity contribution in [2.45, 2.75) is 20.3 Å². The van der Waals surface area contributed by atoms with E-state index < -0.39 is 0 Å². The number of thioether (sulfide) groups is 1. The number of carbonyl (C=O) groups excluding carboxylic acids is 1. The van der Waals surface area contributed by atoms with Gasteiger partial charge in [0.05, 0.1) is 5.92 Å². The van der Waals surface area contributed by atoms with Crippen LogP contribution in [0.25, 0.3) is 0 Å². The molecule has 0 aliphatic heterocycles. The minimum atomic E-state index is -0.384. The summed E-state index contributed by atoms with van der Waals surface area (Å²) in [6.07, 6.45) is 2.62. The van der Waals surface area contributed by atoms with Gasteiger partial charge >= 0.3 is 0 Å². The van der Waals surface area contributed by atoms with Crippen molar-refractivity contribution in [1.29, 1.82) is 0 Å². The largest absolute Gasteiger partial charge is 0.410 e. The van der Waals surface area contributed by atoms with E-state index in [9.17, 15) is 4.79 Å². The summed E-state index contributed by atoms with van der Waals surface area (Å²) in [6, 6.07) is 0. The maximum Gasteiger partial charge on any atom is 0.229 e. The van der Waals surface area contributed by atoms with E-state index in [0.29, 0.717) is 5.04 Å². The molecule has 0 saturated carbocycles. The Hall–Kier alpha value is -0.970. The van der Waals surface area contributed by atoms with Crippen LogP contribution in [0.1, 0.15) is 20.3 Å². The predicted molar refractivity (Wildman–Crippen MR) is 68.9 cm³/mol. The molecule has 1 amide bonds. The van der Waals surface area contributed by atoms with Crippen molar-refractivity contribution in [3.63, 3.8) is 0 Å². The molecule has 0 heterocycles. The summed E-state index contributed by atoms with van der Waals surface area (Å²) >= 11 is 1.39. The molecular weight excluding hydrogens is 224 g/mol. The third-order valence-electron chi connectivity index (χ3n) is 2.13. The first-order chi connectivity index (χ1) is 7.58. The van der Waals surface area contributed by atoms with E-state index in [-0.39, 0.29) is 17.7 Å². The Balaban J connectivity index is 4.60. The molecule has 0 aliphatic rings. The molecule has 0 rings (SSSR count). The highest BCUT2D eigenvalue weighted by atomic mass is 32.2. The number of oxime groups is 1. The third kappa shape index (κ3) is 4.70. The molecule has 0 bridgehead atoms. The lowest BCUT2D eigenvalue weighted by Crippen LogP contribution is -2.35. The van der Waals surface area contributed by atoms with Crippen molar-refractivity contribution >= 4 is 22.7 Å². The number of hydrogen-bond acceptors (Lipinski definition) is 4. The molecule has 1 unspecified atom stereocenters. The van der Waals surface area contributed by atoms with Crippen LogP contribution < -0.4 is 5.32 Å². The van der Waals surface area contributed by atoms with Gasteiger partial charge in [0.1, 0.15) is 5.04 Å². The van der Waals surface area contributed by atoms with Gasteiger partial charge in [0.25, 0.3) is 0 Å². The van der Waals surface area contributed by atoms with Crippen molar-refractivity contribution in [3.8, 4) is 0 Å². The highest BCUT2D eigenvalue weighted by Gasteiger charge is 2.27. The third-order valence-corrected chi connectivity index (χ3v) is 3.20. The Labute approximate surface area is 101 Å². The standard InChI is InChI=1S/C11H20N2O2S/c1-5-6-7-16-11(13-15)9(8(2)3)10(14)12-4/h5,8-9,15H,1,6-7H2,2-4H3,(H,12,14)/b13-11-. The number of rotatable bonds is 6. The highest BCUT2D eigenvalue weighted by Crippen LogP contribution is 2.21. The summed E-state index contributed by atoms with van der Waals surface area (Å²) in [5.41, 5.74) is 0. The van der Waals surface area contributed by atoms with Gasteiger partial charge < -0.3 is 10.5 Å². The van der Waals surface area contributed by atoms with E-state index in [4.69, 9.17) is 5.21 Å². The maximum absolute atomic E-state index is 11.6. The molecule has 2 N–H and O–H groups in total. The molecule has 1 atom stereocenters. The van der Waals surface area contributed by atoms with Crippen LogP contribution in [-0.4, -0.2) is 29.0 Å². The molecule has 0 radical (unpaired) electrons. The molecule has 92 valence electrons. The molecule has 0 spiro atoms. The molecule has 4 nitrogen and oxygen atoms in total. The van der Waals surface area contributed by atoms with Crippen LogP contribution >= 0.6 is 11.8 Å². The Morgan fingerprint density at radius 3 is 2.62 bits per heavy atom. The van der Waals surface area contributed by atoms with Gasteiger partial charge in [-0.25, -0.2) is 0 Å². The lowest BCUT2D eigenvalue weighted by molar-refractivity contribution is -0.123. The lowest BCUT2D eigenvalue weighted by Gasteiger charge is -2.19. The Bertz CT molecular complexity index is 265. The highest BCUT2D eigenvalue weighted by molar-refractivity contribution is 8.14. The van der Waals surface area contributed by atoms with Crippen LogP contribution in [0.3, 0.4) is 0 Å². The van der Waals surface area contributed by atoms with Crippen molar-refractivity contribution in [1.82, 2.24) is 5.32 Å². The summed E-state index contributed by atoms with van der Waals surface area (Å²) in [7, 11) is 1.58. The Morgan fingerprint density at radius 2 is 2.25 bits per heavy atom. The summed E-state index contributed by atoms with van der Waals surface area (Å²) in [6.45, 7) is 7.48. The first-order valence-electron chi connectivity index (χ1n) is 5.25. The second-order valence-electron chi connectivity index (χ2n) is 3.70. The van der Waals surface area contributed by atoms with Crippen molar-refractivity contribution in [2.24, 2.45) is 17.0 Å². The van der Waals surface area contributed by atoms with Gasteiger partial charge in [-0.3, -0.25) is 4.79 Å². The molecule has 0 saturated heterocycles. The zero-order valence-electron chi connectivity index (χ0n) is 10.1. The number of hydrogen-bond donors (Lipinski definition) is 2. The zero-order valence-corrected chi connectivity index (χ0v) is 10.9. The molecule has 0 aromatic heterocycles. The molecule has 0 aromatic carbocycles. The summed E-state index contributed by atoms with van der Waals surface area (Å²) in [4.78, 5) is 11.6. The summed E-state index contributed by atoms with van der Waals surface area (Å²) in [5, 5.41) is 15.2. The molecule has 0 aromatic rings. The van der Waals surface area contributed by atoms with E-state index in [1.807, 2.05) is 13.8 Å². The number of amides is 1. The van der Waals surface area contributed by atoms with Crippen molar-refractivity contribution in [2.75, 3.05) is 12.8 Å². The lowest BCUT2D eigenvalue weighted by atomic mass is 9.96. The van der Waals surface area contributed by atoms with Crippen LogP contribution in [0.5, 0.6) is 0 Å². The van der Waals surface area contributed by atoms with Gasteiger partial charge in [-0.15, -0.1) is 18.3 Å². The average Bonchev–Trinajstić information content (AvgIpc) is 2.26. The van der Waals surface area contributed by atoms with Crippen molar-refractivity contribution in [3.05, 3.63) is 12.7 Å². The monoisotopic (exact) mass is 244 g/mol. The molecule has 0 aliphatic carbocycles. The fraction of sp³-hybridized carbons (Fsp3) is 0.636. The van der Waals surface area contributed by atoms with E-state index in [0.717, 1.165) is 12.2 Å². The number of nitrogens with zero attached hydrogens (tertiary/aromatic N) is 1. The van der Waals surface area contributed by atoms with Gasteiger partial charge in [0.2, 0.25) is 5.91 Å². The minimum Gasteiger partial charge on any atom is -0.410 e. The summed E-state index contributed by atoms with van der Waals surface area (Å²) < 4.78 is 0. The van der Waals surface area contributed by atoms with E-state index in [2.05, 4.69) is 17.1 Å².